The second-order valence-electron chi connectivity index (χ2n) is 5.10. The third-order valence-corrected chi connectivity index (χ3v) is 3.59. The molecule has 1 amide bonds. The molecule has 0 atom stereocenters. The predicted octanol–water partition coefficient (Wildman–Crippen LogP) is 2.95. The molecule has 5 heteroatoms. The summed E-state index contributed by atoms with van der Waals surface area (Å²) < 4.78 is 19.0. The van der Waals surface area contributed by atoms with Crippen LogP contribution < -0.4 is 5.32 Å². The molecule has 0 heterocycles. The Hall–Kier alpha value is -1.13. The molecule has 1 fully saturated rings. The van der Waals surface area contributed by atoms with Crippen molar-refractivity contribution >= 4 is 17.5 Å². The van der Waals surface area contributed by atoms with Crippen LogP contribution in [0.15, 0.2) is 18.2 Å². The van der Waals surface area contributed by atoms with Gasteiger partial charge in [-0.05, 0) is 37.3 Å². The molecule has 0 unspecified atom stereocenters. The molecular formula is C15H19ClFNO2. The standard InChI is InChI=1S/C15H19ClFNO2/c16-13-3-1-4-14(17)12(13)9-15(19)18-7-2-8-20-10-11-5-6-11/h1,3-4,11H,2,5-10H2,(H,18,19). The number of ether oxygens (including phenoxy) is 1. The summed E-state index contributed by atoms with van der Waals surface area (Å²) in [6.45, 7) is 2.02. The van der Waals surface area contributed by atoms with Crippen molar-refractivity contribution in [3.05, 3.63) is 34.6 Å². The lowest BCUT2D eigenvalue weighted by Crippen LogP contribution is -2.27. The first-order valence-corrected chi connectivity index (χ1v) is 7.32. The summed E-state index contributed by atoms with van der Waals surface area (Å²) >= 11 is 5.87. The Kier molecular flexibility index (Phi) is 5.80. The fraction of sp³-hybridized carbons (Fsp3) is 0.533. The zero-order valence-corrected chi connectivity index (χ0v) is 12.1. The van der Waals surface area contributed by atoms with Crippen LogP contribution in [0.25, 0.3) is 0 Å². The van der Waals surface area contributed by atoms with Crippen molar-refractivity contribution < 1.29 is 13.9 Å². The van der Waals surface area contributed by atoms with Crippen LogP contribution in [0, 0.1) is 11.7 Å². The SMILES string of the molecule is O=C(Cc1c(F)cccc1Cl)NCCCOCC1CC1. The molecule has 0 aliphatic heterocycles. The van der Waals surface area contributed by atoms with Crippen molar-refractivity contribution in [2.75, 3.05) is 19.8 Å². The van der Waals surface area contributed by atoms with Gasteiger partial charge < -0.3 is 10.1 Å². The van der Waals surface area contributed by atoms with Gasteiger partial charge >= 0.3 is 0 Å². The lowest BCUT2D eigenvalue weighted by Gasteiger charge is -2.08. The Morgan fingerprint density at radius 3 is 2.95 bits per heavy atom. The number of rotatable bonds is 8. The van der Waals surface area contributed by atoms with Crippen LogP contribution in [0.5, 0.6) is 0 Å². The van der Waals surface area contributed by atoms with Gasteiger partial charge in [-0.15, -0.1) is 0 Å². The highest BCUT2D eigenvalue weighted by atomic mass is 35.5. The van der Waals surface area contributed by atoms with Gasteiger partial charge in [0.1, 0.15) is 5.82 Å². The van der Waals surface area contributed by atoms with E-state index in [0.717, 1.165) is 18.9 Å². The number of hydrogen-bond acceptors (Lipinski definition) is 2. The Bertz CT molecular complexity index is 443. The van der Waals surface area contributed by atoms with Gasteiger partial charge in [-0.2, -0.15) is 0 Å². The molecule has 0 spiro atoms. The van der Waals surface area contributed by atoms with Crippen molar-refractivity contribution in [3.8, 4) is 0 Å². The van der Waals surface area contributed by atoms with Crippen LogP contribution in [0.1, 0.15) is 24.8 Å². The maximum Gasteiger partial charge on any atom is 0.224 e. The summed E-state index contributed by atoms with van der Waals surface area (Å²) in [5, 5.41) is 3.03. The minimum absolute atomic E-state index is 0.0333. The fourth-order valence-corrected chi connectivity index (χ4v) is 2.09. The average molecular weight is 300 g/mol. The monoisotopic (exact) mass is 299 g/mol. The van der Waals surface area contributed by atoms with Crippen molar-refractivity contribution in [2.45, 2.75) is 25.7 Å². The molecule has 3 nitrogen and oxygen atoms in total. The summed E-state index contributed by atoms with van der Waals surface area (Å²) in [4.78, 5) is 11.7. The Balaban J connectivity index is 1.62. The molecule has 0 saturated heterocycles. The molecule has 1 aliphatic rings. The van der Waals surface area contributed by atoms with E-state index in [1.807, 2.05) is 0 Å². The van der Waals surface area contributed by atoms with Crippen LogP contribution in [0.2, 0.25) is 5.02 Å². The molecule has 1 aliphatic carbocycles. The molecule has 1 N–H and O–H groups in total. The van der Waals surface area contributed by atoms with E-state index in [4.69, 9.17) is 16.3 Å². The molecular weight excluding hydrogens is 281 g/mol. The van der Waals surface area contributed by atoms with Gasteiger partial charge in [0.15, 0.2) is 0 Å². The number of halogens is 2. The molecule has 2 rings (SSSR count). The van der Waals surface area contributed by atoms with Gasteiger partial charge in [0, 0.05) is 30.3 Å². The normalized spacial score (nSPS) is 14.3. The Labute approximate surface area is 123 Å². The van der Waals surface area contributed by atoms with Gasteiger partial charge in [0.2, 0.25) is 5.91 Å². The fourth-order valence-electron chi connectivity index (χ4n) is 1.86. The van der Waals surface area contributed by atoms with Crippen LogP contribution in [0.3, 0.4) is 0 Å². The molecule has 1 aromatic carbocycles. The average Bonchev–Trinajstić information content (AvgIpc) is 3.22. The zero-order chi connectivity index (χ0) is 14.4. The number of amides is 1. The molecule has 1 aromatic rings. The first-order chi connectivity index (χ1) is 9.66. The van der Waals surface area contributed by atoms with E-state index in [9.17, 15) is 9.18 Å². The minimum atomic E-state index is -0.444. The van der Waals surface area contributed by atoms with E-state index < -0.39 is 5.82 Å². The number of nitrogens with one attached hydrogen (secondary N) is 1. The summed E-state index contributed by atoms with van der Waals surface area (Å²) in [5.41, 5.74) is 0.247. The number of benzene rings is 1. The zero-order valence-electron chi connectivity index (χ0n) is 11.3. The summed E-state index contributed by atoms with van der Waals surface area (Å²) in [7, 11) is 0. The van der Waals surface area contributed by atoms with E-state index in [2.05, 4.69) is 5.32 Å². The highest BCUT2D eigenvalue weighted by Crippen LogP contribution is 2.28. The van der Waals surface area contributed by atoms with Crippen molar-refractivity contribution in [3.63, 3.8) is 0 Å². The first-order valence-electron chi connectivity index (χ1n) is 6.94. The first kappa shape index (κ1) is 15.3. The van der Waals surface area contributed by atoms with Crippen LogP contribution in [-0.4, -0.2) is 25.7 Å². The van der Waals surface area contributed by atoms with Crippen molar-refractivity contribution in [1.29, 1.82) is 0 Å². The molecule has 110 valence electrons. The predicted molar refractivity (Wildman–Crippen MR) is 76.3 cm³/mol. The maximum absolute atomic E-state index is 13.5. The summed E-state index contributed by atoms with van der Waals surface area (Å²) in [5.74, 6) is 0.0902. The molecule has 20 heavy (non-hydrogen) atoms. The highest BCUT2D eigenvalue weighted by Gasteiger charge is 2.20. The molecule has 0 bridgehead atoms. The Morgan fingerprint density at radius 2 is 2.25 bits per heavy atom. The molecule has 0 aromatic heterocycles. The van der Waals surface area contributed by atoms with Crippen LogP contribution in [-0.2, 0) is 16.0 Å². The van der Waals surface area contributed by atoms with E-state index in [1.54, 1.807) is 6.07 Å². The third kappa shape index (κ3) is 5.10. The summed E-state index contributed by atoms with van der Waals surface area (Å²) in [6.07, 6.45) is 3.29. The van der Waals surface area contributed by atoms with Gasteiger partial charge in [-0.3, -0.25) is 4.79 Å². The van der Waals surface area contributed by atoms with Crippen molar-refractivity contribution in [1.82, 2.24) is 5.32 Å². The van der Waals surface area contributed by atoms with Crippen LogP contribution in [0.4, 0.5) is 4.39 Å². The molecule has 0 radical (unpaired) electrons. The lowest BCUT2D eigenvalue weighted by atomic mass is 10.1. The number of carbonyl (C=O) groups excluding carboxylic acids is 1. The smallest absolute Gasteiger partial charge is 0.224 e. The van der Waals surface area contributed by atoms with E-state index in [1.165, 1.54) is 25.0 Å². The van der Waals surface area contributed by atoms with Gasteiger partial charge in [-0.25, -0.2) is 4.39 Å². The largest absolute Gasteiger partial charge is 0.381 e. The molecule has 1 saturated carbocycles. The van der Waals surface area contributed by atoms with Crippen molar-refractivity contribution in [2.24, 2.45) is 5.92 Å². The van der Waals surface area contributed by atoms with Gasteiger partial charge in [0.05, 0.1) is 6.42 Å². The third-order valence-electron chi connectivity index (χ3n) is 3.24. The second-order valence-corrected chi connectivity index (χ2v) is 5.51. The summed E-state index contributed by atoms with van der Waals surface area (Å²) in [6, 6.07) is 4.41. The van der Waals surface area contributed by atoms with Gasteiger partial charge in [-0.1, -0.05) is 17.7 Å². The van der Waals surface area contributed by atoms with Gasteiger partial charge in [0.25, 0.3) is 0 Å². The van der Waals surface area contributed by atoms with E-state index >= 15 is 0 Å². The minimum Gasteiger partial charge on any atom is -0.381 e. The number of hydrogen-bond donors (Lipinski definition) is 1. The van der Waals surface area contributed by atoms with E-state index in [0.29, 0.717) is 13.2 Å². The highest BCUT2D eigenvalue weighted by molar-refractivity contribution is 6.31. The maximum atomic E-state index is 13.5. The van der Waals surface area contributed by atoms with Crippen LogP contribution >= 0.6 is 11.6 Å². The van der Waals surface area contributed by atoms with E-state index in [-0.39, 0.29) is 22.9 Å². The Morgan fingerprint density at radius 1 is 1.45 bits per heavy atom. The topological polar surface area (TPSA) is 38.3 Å². The number of carbonyl (C=O) groups is 1. The second kappa shape index (κ2) is 7.60. The lowest BCUT2D eigenvalue weighted by molar-refractivity contribution is -0.120. The quantitative estimate of drug-likeness (QED) is 0.750.